The second kappa shape index (κ2) is 5.20. The molecule has 0 spiro atoms. The molecule has 0 saturated heterocycles. The Labute approximate surface area is 112 Å². The highest BCUT2D eigenvalue weighted by atomic mass is 127. The predicted octanol–water partition coefficient (Wildman–Crippen LogP) is 2.19. The molecule has 1 aromatic carbocycles. The second-order valence-electron chi connectivity index (χ2n) is 3.56. The Morgan fingerprint density at radius 2 is 2.25 bits per heavy atom. The largest absolute Gasteiger partial charge is 0.479 e. The molecule has 0 aliphatic heterocycles. The zero-order valence-corrected chi connectivity index (χ0v) is 11.4. The molecule has 16 heavy (non-hydrogen) atoms. The number of hydrogen-bond acceptors (Lipinski definition) is 3. The number of rotatable bonds is 4. The Morgan fingerprint density at radius 1 is 1.62 bits per heavy atom. The first-order valence-electron chi connectivity index (χ1n) is 4.47. The van der Waals surface area contributed by atoms with Gasteiger partial charge in [0, 0.05) is 14.3 Å². The summed E-state index contributed by atoms with van der Waals surface area (Å²) in [5.41, 5.74) is -1.05. The molecule has 1 rings (SSSR count). The summed E-state index contributed by atoms with van der Waals surface area (Å²) in [5, 5.41) is 21.7. The zero-order chi connectivity index (χ0) is 12.3. The average molecular weight is 356 g/mol. The van der Waals surface area contributed by atoms with Gasteiger partial charge >= 0.3 is 5.97 Å². The Kier molecular flexibility index (Phi) is 4.40. The lowest BCUT2D eigenvalue weighted by Crippen LogP contribution is -2.41. The van der Waals surface area contributed by atoms with Gasteiger partial charge in [-0.2, -0.15) is 0 Å². The van der Waals surface area contributed by atoms with Crippen molar-refractivity contribution in [2.24, 2.45) is 0 Å². The fraction of sp³-hybridized carbons (Fsp3) is 0.300. The molecule has 88 valence electrons. The van der Waals surface area contributed by atoms with Crippen LogP contribution in [0.3, 0.4) is 0 Å². The molecule has 0 heterocycles. The molecule has 0 aromatic heterocycles. The van der Waals surface area contributed by atoms with E-state index < -0.39 is 11.6 Å². The van der Waals surface area contributed by atoms with Crippen LogP contribution in [0.2, 0.25) is 5.02 Å². The van der Waals surface area contributed by atoms with E-state index in [1.165, 1.54) is 6.92 Å². The Bertz CT molecular complexity index is 409. The highest BCUT2D eigenvalue weighted by Gasteiger charge is 2.29. The van der Waals surface area contributed by atoms with Crippen molar-refractivity contribution in [3.63, 3.8) is 0 Å². The lowest BCUT2D eigenvalue weighted by molar-refractivity contribution is -0.155. The van der Waals surface area contributed by atoms with E-state index in [-0.39, 0.29) is 6.54 Å². The highest BCUT2D eigenvalue weighted by molar-refractivity contribution is 14.1. The van der Waals surface area contributed by atoms with E-state index in [2.05, 4.69) is 27.9 Å². The van der Waals surface area contributed by atoms with Crippen LogP contribution in [0.15, 0.2) is 18.2 Å². The molecule has 1 unspecified atom stereocenters. The molecule has 0 amide bonds. The van der Waals surface area contributed by atoms with Crippen LogP contribution in [0.1, 0.15) is 6.92 Å². The molecular formula is C10H11ClINO3. The van der Waals surface area contributed by atoms with Crippen LogP contribution >= 0.6 is 34.2 Å². The normalized spacial score (nSPS) is 14.2. The van der Waals surface area contributed by atoms with Crippen LogP contribution in [0, 0.1) is 3.57 Å². The quantitative estimate of drug-likeness (QED) is 0.724. The first-order chi connectivity index (χ1) is 7.33. The van der Waals surface area contributed by atoms with Crippen molar-refractivity contribution in [1.82, 2.24) is 0 Å². The summed E-state index contributed by atoms with van der Waals surface area (Å²) in [4.78, 5) is 10.7. The second-order valence-corrected chi connectivity index (χ2v) is 5.16. The van der Waals surface area contributed by atoms with Gasteiger partial charge in [-0.15, -0.1) is 0 Å². The minimum atomic E-state index is -1.79. The average Bonchev–Trinajstić information content (AvgIpc) is 2.16. The number of benzene rings is 1. The van der Waals surface area contributed by atoms with Crippen LogP contribution in [0.5, 0.6) is 0 Å². The smallest absolute Gasteiger partial charge is 0.337 e. The molecular weight excluding hydrogens is 344 g/mol. The third-order valence-corrected chi connectivity index (χ3v) is 3.14. The lowest BCUT2D eigenvalue weighted by atomic mass is 10.1. The Hall–Kier alpha value is -0.530. The number of hydrogen-bond donors (Lipinski definition) is 3. The summed E-state index contributed by atoms with van der Waals surface area (Å²) in [7, 11) is 0. The highest BCUT2D eigenvalue weighted by Crippen LogP contribution is 2.22. The fourth-order valence-corrected chi connectivity index (χ4v) is 2.04. The fourth-order valence-electron chi connectivity index (χ4n) is 0.976. The van der Waals surface area contributed by atoms with Gasteiger partial charge in [0.2, 0.25) is 0 Å². The molecule has 0 bridgehead atoms. The number of anilines is 1. The van der Waals surface area contributed by atoms with Gasteiger partial charge in [-0.05, 0) is 47.7 Å². The first-order valence-corrected chi connectivity index (χ1v) is 5.93. The minimum Gasteiger partial charge on any atom is -0.479 e. The molecule has 4 nitrogen and oxygen atoms in total. The van der Waals surface area contributed by atoms with Gasteiger partial charge in [0.1, 0.15) is 0 Å². The van der Waals surface area contributed by atoms with Crippen molar-refractivity contribution in [3.05, 3.63) is 26.8 Å². The van der Waals surface area contributed by atoms with Crippen LogP contribution in [0.25, 0.3) is 0 Å². The molecule has 0 aliphatic carbocycles. The maximum Gasteiger partial charge on any atom is 0.337 e. The molecule has 0 fully saturated rings. The van der Waals surface area contributed by atoms with Crippen molar-refractivity contribution in [1.29, 1.82) is 0 Å². The van der Waals surface area contributed by atoms with E-state index in [0.29, 0.717) is 5.02 Å². The van der Waals surface area contributed by atoms with Crippen molar-refractivity contribution in [3.8, 4) is 0 Å². The molecule has 0 aliphatic rings. The van der Waals surface area contributed by atoms with E-state index in [1.807, 2.05) is 0 Å². The number of aliphatic carboxylic acids is 1. The number of aliphatic hydroxyl groups is 1. The Balaban J connectivity index is 2.72. The summed E-state index contributed by atoms with van der Waals surface area (Å²) in [5.74, 6) is -1.26. The third-order valence-electron chi connectivity index (χ3n) is 2.01. The monoisotopic (exact) mass is 355 g/mol. The molecule has 0 saturated carbocycles. The van der Waals surface area contributed by atoms with Gasteiger partial charge in [-0.3, -0.25) is 0 Å². The third kappa shape index (κ3) is 3.50. The standard InChI is InChI=1S/C10H11ClINO3/c1-10(16,9(14)15)5-13-8-3-2-6(11)4-7(8)12/h2-4,13,16H,5H2,1H3,(H,14,15). The lowest BCUT2D eigenvalue weighted by Gasteiger charge is -2.19. The Morgan fingerprint density at radius 3 is 2.75 bits per heavy atom. The van der Waals surface area contributed by atoms with Crippen LogP contribution in [-0.2, 0) is 4.79 Å². The van der Waals surface area contributed by atoms with Gasteiger partial charge in [0.25, 0.3) is 0 Å². The van der Waals surface area contributed by atoms with Crippen molar-refractivity contribution in [2.75, 3.05) is 11.9 Å². The van der Waals surface area contributed by atoms with E-state index in [9.17, 15) is 9.90 Å². The van der Waals surface area contributed by atoms with Gasteiger partial charge in [-0.25, -0.2) is 4.79 Å². The van der Waals surface area contributed by atoms with Gasteiger partial charge in [0.05, 0.1) is 6.54 Å². The number of carbonyl (C=O) groups is 1. The number of halogens is 2. The summed E-state index contributed by atoms with van der Waals surface area (Å²) in [6, 6.07) is 5.18. The first kappa shape index (κ1) is 13.5. The van der Waals surface area contributed by atoms with E-state index in [0.717, 1.165) is 9.26 Å². The molecule has 0 radical (unpaired) electrons. The van der Waals surface area contributed by atoms with Crippen LogP contribution < -0.4 is 5.32 Å². The summed E-state index contributed by atoms with van der Waals surface area (Å²) < 4.78 is 0.867. The van der Waals surface area contributed by atoms with E-state index in [4.69, 9.17) is 16.7 Å². The van der Waals surface area contributed by atoms with Crippen molar-refractivity contribution >= 4 is 45.8 Å². The van der Waals surface area contributed by atoms with E-state index >= 15 is 0 Å². The molecule has 1 atom stereocenters. The van der Waals surface area contributed by atoms with Crippen molar-refractivity contribution < 1.29 is 15.0 Å². The molecule has 6 heteroatoms. The molecule has 3 N–H and O–H groups in total. The zero-order valence-electron chi connectivity index (χ0n) is 8.50. The maximum atomic E-state index is 10.7. The van der Waals surface area contributed by atoms with Crippen molar-refractivity contribution in [2.45, 2.75) is 12.5 Å². The topological polar surface area (TPSA) is 69.6 Å². The van der Waals surface area contributed by atoms with Crippen LogP contribution in [-0.4, -0.2) is 28.3 Å². The number of nitrogens with one attached hydrogen (secondary N) is 1. The molecule has 1 aromatic rings. The summed E-state index contributed by atoms with van der Waals surface area (Å²) in [6.07, 6.45) is 0. The maximum absolute atomic E-state index is 10.7. The van der Waals surface area contributed by atoms with Crippen LogP contribution in [0.4, 0.5) is 5.69 Å². The van der Waals surface area contributed by atoms with E-state index in [1.54, 1.807) is 18.2 Å². The van der Waals surface area contributed by atoms with Gasteiger partial charge in [0.15, 0.2) is 5.60 Å². The SMILES string of the molecule is CC(O)(CNc1ccc(Cl)cc1I)C(=O)O. The number of carboxylic acid groups (broad SMARTS) is 1. The summed E-state index contributed by atoms with van der Waals surface area (Å²) >= 11 is 7.86. The minimum absolute atomic E-state index is 0.0695. The van der Waals surface area contributed by atoms with Gasteiger partial charge in [-0.1, -0.05) is 11.6 Å². The predicted molar refractivity (Wildman–Crippen MR) is 70.9 cm³/mol. The number of carboxylic acids is 1. The van der Waals surface area contributed by atoms with Gasteiger partial charge < -0.3 is 15.5 Å². The summed E-state index contributed by atoms with van der Waals surface area (Å²) in [6.45, 7) is 1.17.